The Morgan fingerprint density at radius 1 is 1.20 bits per heavy atom. The van der Waals surface area contributed by atoms with Gasteiger partial charge in [0.05, 0.1) is 24.7 Å². The minimum Gasteiger partial charge on any atom is -0.378 e. The molecule has 2 N–H and O–H groups in total. The van der Waals surface area contributed by atoms with E-state index in [9.17, 15) is 18.0 Å². The van der Waals surface area contributed by atoms with E-state index in [2.05, 4.69) is 20.7 Å². The summed E-state index contributed by atoms with van der Waals surface area (Å²) in [6.45, 7) is 6.54. The molecule has 0 aliphatic carbocycles. The van der Waals surface area contributed by atoms with Crippen molar-refractivity contribution in [3.8, 4) is 0 Å². The molecule has 0 aromatic carbocycles. The highest BCUT2D eigenvalue weighted by molar-refractivity contribution is 7.89. The zero-order valence-electron chi connectivity index (χ0n) is 17.3. The number of hydrogen-bond donors (Lipinski definition) is 2. The highest BCUT2D eigenvalue weighted by Crippen LogP contribution is 2.26. The molecule has 0 saturated carbocycles. The van der Waals surface area contributed by atoms with Crippen molar-refractivity contribution in [2.45, 2.75) is 45.6 Å². The van der Waals surface area contributed by atoms with Gasteiger partial charge in [0, 0.05) is 19.6 Å². The van der Waals surface area contributed by atoms with Crippen LogP contribution < -0.4 is 15.8 Å². The van der Waals surface area contributed by atoms with Crippen LogP contribution in [0.25, 0.3) is 0 Å². The van der Waals surface area contributed by atoms with Gasteiger partial charge in [-0.15, -0.1) is 0 Å². The predicted molar refractivity (Wildman–Crippen MR) is 114 cm³/mol. The first kappa shape index (κ1) is 22.9. The Morgan fingerprint density at radius 3 is 2.63 bits per heavy atom. The molecular formula is C18H29N5O5S2. The molecule has 2 amide bonds. The number of hydrogen-bond acceptors (Lipinski definition) is 8. The molecule has 30 heavy (non-hydrogen) atoms. The van der Waals surface area contributed by atoms with Crippen molar-refractivity contribution in [3.05, 3.63) is 10.6 Å². The summed E-state index contributed by atoms with van der Waals surface area (Å²) in [4.78, 5) is 32.2. The number of carbonyl (C=O) groups excluding carboxylic acids is 2. The average Bonchev–Trinajstić information content (AvgIpc) is 3.14. The standard InChI is InChI=1S/C18H29N5O5S2/c1-3-12-30(26,27)23-7-5-4-6-14(23)16(24)20-21-17(25)15-13(2)19-18(29-15)22-8-10-28-11-9-22/h14H,3-12H2,1-2H3,(H,20,24)(H,21,25). The SMILES string of the molecule is CCCS(=O)(=O)N1CCCCC1C(=O)NNC(=O)c1sc(N2CCOCC2)nc1C. The number of morpholine rings is 1. The molecule has 0 radical (unpaired) electrons. The molecule has 1 aromatic rings. The molecule has 1 atom stereocenters. The Hall–Kier alpha value is -1.76. The van der Waals surface area contributed by atoms with Crippen molar-refractivity contribution < 1.29 is 22.7 Å². The van der Waals surface area contributed by atoms with Crippen molar-refractivity contribution >= 4 is 38.3 Å². The third-order valence-electron chi connectivity index (χ3n) is 5.15. The van der Waals surface area contributed by atoms with Crippen LogP contribution in [0.3, 0.4) is 0 Å². The van der Waals surface area contributed by atoms with E-state index in [0.29, 0.717) is 56.3 Å². The third-order valence-corrected chi connectivity index (χ3v) is 8.44. The van der Waals surface area contributed by atoms with Gasteiger partial charge in [-0.1, -0.05) is 24.7 Å². The first-order chi connectivity index (χ1) is 14.3. The lowest BCUT2D eigenvalue weighted by atomic mass is 10.0. The Balaban J connectivity index is 1.62. The van der Waals surface area contributed by atoms with E-state index in [1.807, 2.05) is 0 Å². The molecule has 10 nitrogen and oxygen atoms in total. The molecule has 0 bridgehead atoms. The van der Waals surface area contributed by atoms with Crippen LogP contribution in [0, 0.1) is 6.92 Å². The minimum absolute atomic E-state index is 0.00746. The first-order valence-corrected chi connectivity index (χ1v) is 12.7. The molecule has 2 aliphatic rings. The van der Waals surface area contributed by atoms with Crippen LogP contribution in [0.4, 0.5) is 5.13 Å². The number of ether oxygens (including phenoxy) is 1. The van der Waals surface area contributed by atoms with Gasteiger partial charge >= 0.3 is 0 Å². The van der Waals surface area contributed by atoms with Gasteiger partial charge in [0.2, 0.25) is 10.0 Å². The van der Waals surface area contributed by atoms with Crippen LogP contribution in [0.2, 0.25) is 0 Å². The van der Waals surface area contributed by atoms with E-state index in [1.165, 1.54) is 15.6 Å². The number of amides is 2. The van der Waals surface area contributed by atoms with Crippen LogP contribution in [0.5, 0.6) is 0 Å². The third kappa shape index (κ3) is 5.29. The van der Waals surface area contributed by atoms with E-state index in [1.54, 1.807) is 13.8 Å². The lowest BCUT2D eigenvalue weighted by Gasteiger charge is -2.33. The maximum atomic E-state index is 12.7. The predicted octanol–water partition coefficient (Wildman–Crippen LogP) is 0.643. The monoisotopic (exact) mass is 459 g/mol. The number of carbonyl (C=O) groups is 2. The van der Waals surface area contributed by atoms with Gasteiger partial charge in [0.1, 0.15) is 10.9 Å². The number of nitrogens with one attached hydrogen (secondary N) is 2. The number of thiazole rings is 1. The van der Waals surface area contributed by atoms with Crippen LogP contribution in [0.1, 0.15) is 48.0 Å². The number of aromatic nitrogens is 1. The smallest absolute Gasteiger partial charge is 0.281 e. The fourth-order valence-corrected chi connectivity index (χ4v) is 6.38. The molecule has 168 valence electrons. The van der Waals surface area contributed by atoms with Gasteiger partial charge in [-0.3, -0.25) is 20.4 Å². The number of hydrazine groups is 1. The molecule has 1 unspecified atom stereocenters. The van der Waals surface area contributed by atoms with Crippen molar-refractivity contribution in [1.29, 1.82) is 0 Å². The van der Waals surface area contributed by atoms with Gasteiger partial charge < -0.3 is 9.64 Å². The normalized spacial score (nSPS) is 20.7. The van der Waals surface area contributed by atoms with Gasteiger partial charge in [-0.2, -0.15) is 4.31 Å². The summed E-state index contributed by atoms with van der Waals surface area (Å²) in [6.07, 6.45) is 2.41. The molecule has 3 rings (SSSR count). The summed E-state index contributed by atoms with van der Waals surface area (Å²) in [6, 6.07) is -0.804. The van der Waals surface area contributed by atoms with Gasteiger partial charge in [-0.25, -0.2) is 13.4 Å². The van der Waals surface area contributed by atoms with Crippen LogP contribution in [0.15, 0.2) is 0 Å². The average molecular weight is 460 g/mol. The second kappa shape index (κ2) is 10.0. The Morgan fingerprint density at radius 2 is 1.93 bits per heavy atom. The topological polar surface area (TPSA) is 121 Å². The fraction of sp³-hybridized carbons (Fsp3) is 0.722. The Bertz CT molecular complexity index is 866. The molecule has 2 saturated heterocycles. The maximum Gasteiger partial charge on any atom is 0.281 e. The molecule has 1 aromatic heterocycles. The number of aryl methyl sites for hydroxylation is 1. The van der Waals surface area contributed by atoms with Crippen molar-refractivity contribution in [3.63, 3.8) is 0 Å². The summed E-state index contributed by atoms with van der Waals surface area (Å²) >= 11 is 1.26. The lowest BCUT2D eigenvalue weighted by molar-refractivity contribution is -0.126. The summed E-state index contributed by atoms with van der Waals surface area (Å²) in [5, 5.41) is 0.747. The number of nitrogens with zero attached hydrogens (tertiary/aromatic N) is 3. The van der Waals surface area contributed by atoms with E-state index in [0.717, 1.165) is 18.0 Å². The van der Waals surface area contributed by atoms with Gasteiger partial charge in [0.25, 0.3) is 11.8 Å². The lowest BCUT2D eigenvalue weighted by Crippen LogP contribution is -2.55. The van der Waals surface area contributed by atoms with E-state index >= 15 is 0 Å². The van der Waals surface area contributed by atoms with Crippen LogP contribution >= 0.6 is 11.3 Å². The van der Waals surface area contributed by atoms with Crippen molar-refractivity contribution in [2.75, 3.05) is 43.5 Å². The van der Waals surface area contributed by atoms with Crippen molar-refractivity contribution in [2.24, 2.45) is 0 Å². The molecule has 12 heteroatoms. The number of anilines is 1. The minimum atomic E-state index is -3.50. The number of sulfonamides is 1. The Kier molecular flexibility index (Phi) is 7.66. The molecule has 2 fully saturated rings. The Labute approximate surface area is 181 Å². The summed E-state index contributed by atoms with van der Waals surface area (Å²) in [7, 11) is -3.50. The number of piperidine rings is 1. The zero-order valence-corrected chi connectivity index (χ0v) is 19.0. The highest BCUT2D eigenvalue weighted by Gasteiger charge is 2.36. The van der Waals surface area contributed by atoms with Crippen molar-refractivity contribution in [1.82, 2.24) is 20.1 Å². The van der Waals surface area contributed by atoms with E-state index in [-0.39, 0.29) is 5.75 Å². The van der Waals surface area contributed by atoms with Crippen LogP contribution in [-0.2, 0) is 19.6 Å². The summed E-state index contributed by atoms with van der Waals surface area (Å²) < 4.78 is 31.6. The summed E-state index contributed by atoms with van der Waals surface area (Å²) in [5.74, 6) is -0.969. The second-order valence-electron chi connectivity index (χ2n) is 7.39. The van der Waals surface area contributed by atoms with E-state index in [4.69, 9.17) is 4.74 Å². The summed E-state index contributed by atoms with van der Waals surface area (Å²) in [5.41, 5.74) is 5.42. The second-order valence-corrected chi connectivity index (χ2v) is 10.4. The fourth-order valence-electron chi connectivity index (χ4n) is 3.62. The largest absolute Gasteiger partial charge is 0.378 e. The quantitative estimate of drug-likeness (QED) is 0.599. The molecule has 0 spiro atoms. The van der Waals surface area contributed by atoms with Gasteiger partial charge in [-0.05, 0) is 26.2 Å². The first-order valence-electron chi connectivity index (χ1n) is 10.2. The maximum absolute atomic E-state index is 12.7. The van der Waals surface area contributed by atoms with Crippen LogP contribution in [-0.4, -0.2) is 74.2 Å². The molecular weight excluding hydrogens is 430 g/mol. The molecule has 2 aliphatic heterocycles. The molecule has 3 heterocycles. The van der Waals surface area contributed by atoms with E-state index < -0.39 is 27.9 Å². The van der Waals surface area contributed by atoms with Gasteiger partial charge in [0.15, 0.2) is 5.13 Å². The highest BCUT2D eigenvalue weighted by atomic mass is 32.2. The number of rotatable bonds is 6. The zero-order chi connectivity index (χ0) is 21.7.